The maximum Gasteiger partial charge on any atom is 0.137 e. The topological polar surface area (TPSA) is 42.7 Å². The Morgan fingerprint density at radius 3 is 2.94 bits per heavy atom. The van der Waals surface area contributed by atoms with Gasteiger partial charge in [0.2, 0.25) is 0 Å². The fourth-order valence-corrected chi connectivity index (χ4v) is 2.78. The van der Waals surface area contributed by atoms with E-state index in [-0.39, 0.29) is 0 Å². The normalized spacial score (nSPS) is 28.2. The van der Waals surface area contributed by atoms with E-state index in [1.165, 1.54) is 25.7 Å². The van der Waals surface area contributed by atoms with Crippen LogP contribution in [0.25, 0.3) is 0 Å². The molecule has 0 aromatic carbocycles. The molecule has 96 valence electrons. The van der Waals surface area contributed by atoms with E-state index in [0.717, 1.165) is 6.54 Å². The molecular formula is C13H24N4. The molecule has 1 heterocycles. The van der Waals surface area contributed by atoms with Crippen LogP contribution in [0.15, 0.2) is 12.7 Å². The highest BCUT2D eigenvalue weighted by molar-refractivity contribution is 4.91. The minimum atomic E-state index is 0.418. The molecule has 0 bridgehead atoms. The maximum atomic E-state index is 4.33. The number of aromatic nitrogens is 3. The van der Waals surface area contributed by atoms with Crippen molar-refractivity contribution in [2.24, 2.45) is 5.41 Å². The van der Waals surface area contributed by atoms with Gasteiger partial charge in [0.05, 0.1) is 6.04 Å². The molecule has 17 heavy (non-hydrogen) atoms. The summed E-state index contributed by atoms with van der Waals surface area (Å²) < 4.78 is 2.04. The summed E-state index contributed by atoms with van der Waals surface area (Å²) in [7, 11) is 0. The molecule has 2 unspecified atom stereocenters. The lowest BCUT2D eigenvalue weighted by Gasteiger charge is -2.41. The molecule has 2 rings (SSSR count). The number of rotatable bonds is 4. The summed E-state index contributed by atoms with van der Waals surface area (Å²) in [4.78, 5) is 4.08. The second-order valence-corrected chi connectivity index (χ2v) is 5.91. The van der Waals surface area contributed by atoms with E-state index in [1.807, 2.05) is 11.0 Å². The summed E-state index contributed by atoms with van der Waals surface area (Å²) in [5.41, 5.74) is 0.418. The molecule has 1 aromatic heterocycles. The van der Waals surface area contributed by atoms with Crippen molar-refractivity contribution in [3.05, 3.63) is 12.7 Å². The van der Waals surface area contributed by atoms with Gasteiger partial charge in [0, 0.05) is 6.04 Å². The number of nitrogens with zero attached hydrogens (tertiary/aromatic N) is 3. The number of hydrogen-bond donors (Lipinski definition) is 1. The Labute approximate surface area is 104 Å². The van der Waals surface area contributed by atoms with Crippen molar-refractivity contribution < 1.29 is 0 Å². The van der Waals surface area contributed by atoms with Gasteiger partial charge in [-0.15, -0.1) is 0 Å². The van der Waals surface area contributed by atoms with Gasteiger partial charge in [0.1, 0.15) is 12.7 Å². The predicted octanol–water partition coefficient (Wildman–Crippen LogP) is 2.40. The van der Waals surface area contributed by atoms with Crippen molar-refractivity contribution in [1.29, 1.82) is 0 Å². The Hall–Kier alpha value is -0.900. The SMILES string of the molecule is CCCNC1CCC(C)(C)CC1n1cncn1. The van der Waals surface area contributed by atoms with Crippen molar-refractivity contribution in [2.45, 2.75) is 58.5 Å². The fourth-order valence-electron chi connectivity index (χ4n) is 2.78. The van der Waals surface area contributed by atoms with Crippen molar-refractivity contribution >= 4 is 0 Å². The second-order valence-electron chi connectivity index (χ2n) is 5.91. The Morgan fingerprint density at radius 1 is 1.47 bits per heavy atom. The lowest BCUT2D eigenvalue weighted by atomic mass is 9.73. The number of hydrogen-bond acceptors (Lipinski definition) is 3. The van der Waals surface area contributed by atoms with Crippen LogP contribution in [0, 0.1) is 5.41 Å². The summed E-state index contributed by atoms with van der Waals surface area (Å²) >= 11 is 0. The van der Waals surface area contributed by atoms with Crippen LogP contribution in [0.5, 0.6) is 0 Å². The molecule has 0 spiro atoms. The van der Waals surface area contributed by atoms with Gasteiger partial charge >= 0.3 is 0 Å². The lowest BCUT2D eigenvalue weighted by Crippen LogP contribution is -2.44. The van der Waals surface area contributed by atoms with E-state index in [0.29, 0.717) is 17.5 Å². The van der Waals surface area contributed by atoms with E-state index in [4.69, 9.17) is 0 Å². The third kappa shape index (κ3) is 3.06. The highest BCUT2D eigenvalue weighted by Crippen LogP contribution is 2.40. The molecule has 1 N–H and O–H groups in total. The second kappa shape index (κ2) is 5.17. The third-order valence-electron chi connectivity index (χ3n) is 3.79. The van der Waals surface area contributed by atoms with Crippen LogP contribution in [-0.4, -0.2) is 27.4 Å². The lowest BCUT2D eigenvalue weighted by molar-refractivity contribution is 0.134. The van der Waals surface area contributed by atoms with Crippen molar-refractivity contribution in [1.82, 2.24) is 20.1 Å². The van der Waals surface area contributed by atoms with Gasteiger partial charge in [-0.2, -0.15) is 5.10 Å². The first-order valence-corrected chi connectivity index (χ1v) is 6.70. The molecule has 1 saturated carbocycles. The summed E-state index contributed by atoms with van der Waals surface area (Å²) in [6.45, 7) is 8.01. The Morgan fingerprint density at radius 2 is 2.29 bits per heavy atom. The smallest absolute Gasteiger partial charge is 0.137 e. The van der Waals surface area contributed by atoms with Crippen LogP contribution in [0.3, 0.4) is 0 Å². The van der Waals surface area contributed by atoms with Crippen LogP contribution in [0.4, 0.5) is 0 Å². The van der Waals surface area contributed by atoms with Gasteiger partial charge in [-0.1, -0.05) is 20.8 Å². The van der Waals surface area contributed by atoms with Gasteiger partial charge in [-0.05, 0) is 37.6 Å². The van der Waals surface area contributed by atoms with Gasteiger partial charge in [-0.3, -0.25) is 0 Å². The Kier molecular flexibility index (Phi) is 3.82. The molecule has 1 aliphatic rings. The van der Waals surface area contributed by atoms with Gasteiger partial charge in [-0.25, -0.2) is 9.67 Å². The summed E-state index contributed by atoms with van der Waals surface area (Å²) in [5, 5.41) is 7.99. The molecule has 1 aromatic rings. The molecule has 0 saturated heterocycles. The molecule has 4 heteroatoms. The Balaban J connectivity index is 2.09. The fraction of sp³-hybridized carbons (Fsp3) is 0.846. The zero-order valence-corrected chi connectivity index (χ0v) is 11.2. The van der Waals surface area contributed by atoms with Crippen molar-refractivity contribution in [2.75, 3.05) is 6.54 Å². The van der Waals surface area contributed by atoms with E-state index in [1.54, 1.807) is 6.33 Å². The molecule has 0 aliphatic heterocycles. The highest BCUT2D eigenvalue weighted by Gasteiger charge is 2.35. The minimum Gasteiger partial charge on any atom is -0.312 e. The van der Waals surface area contributed by atoms with E-state index in [9.17, 15) is 0 Å². The maximum absolute atomic E-state index is 4.33. The monoisotopic (exact) mass is 236 g/mol. The number of nitrogens with one attached hydrogen (secondary N) is 1. The highest BCUT2D eigenvalue weighted by atomic mass is 15.3. The first kappa shape index (κ1) is 12.6. The predicted molar refractivity (Wildman–Crippen MR) is 68.8 cm³/mol. The summed E-state index contributed by atoms with van der Waals surface area (Å²) in [6, 6.07) is 0.998. The molecule has 0 radical (unpaired) electrons. The van der Waals surface area contributed by atoms with Crippen LogP contribution < -0.4 is 5.32 Å². The molecule has 1 aliphatic carbocycles. The zero-order chi connectivity index (χ0) is 12.3. The van der Waals surface area contributed by atoms with Crippen molar-refractivity contribution in [3.63, 3.8) is 0 Å². The first-order valence-electron chi connectivity index (χ1n) is 6.70. The molecule has 2 atom stereocenters. The van der Waals surface area contributed by atoms with E-state index in [2.05, 4.69) is 36.2 Å². The first-order chi connectivity index (χ1) is 8.12. The van der Waals surface area contributed by atoms with E-state index >= 15 is 0 Å². The van der Waals surface area contributed by atoms with Gasteiger partial charge < -0.3 is 5.32 Å². The molecule has 0 amide bonds. The average Bonchev–Trinajstić information content (AvgIpc) is 2.80. The molecule has 1 fully saturated rings. The van der Waals surface area contributed by atoms with Gasteiger partial charge in [0.25, 0.3) is 0 Å². The molecular weight excluding hydrogens is 212 g/mol. The van der Waals surface area contributed by atoms with E-state index < -0.39 is 0 Å². The quantitative estimate of drug-likeness (QED) is 0.873. The van der Waals surface area contributed by atoms with Gasteiger partial charge in [0.15, 0.2) is 0 Å². The summed E-state index contributed by atoms with van der Waals surface area (Å²) in [5.74, 6) is 0. The van der Waals surface area contributed by atoms with Crippen LogP contribution in [-0.2, 0) is 0 Å². The van der Waals surface area contributed by atoms with Crippen molar-refractivity contribution in [3.8, 4) is 0 Å². The minimum absolute atomic E-state index is 0.418. The molecule has 4 nitrogen and oxygen atoms in total. The van der Waals surface area contributed by atoms with Crippen LogP contribution >= 0.6 is 0 Å². The van der Waals surface area contributed by atoms with Crippen LogP contribution in [0.1, 0.15) is 52.5 Å². The summed E-state index contributed by atoms with van der Waals surface area (Å²) in [6.07, 6.45) is 8.38. The Bertz CT molecular complexity index is 331. The van der Waals surface area contributed by atoms with Crippen LogP contribution in [0.2, 0.25) is 0 Å². The average molecular weight is 236 g/mol. The standard InChI is InChI=1S/C13H24N4/c1-4-7-15-11-5-6-13(2,3)8-12(11)17-10-14-9-16-17/h9-12,15H,4-8H2,1-3H3. The zero-order valence-electron chi connectivity index (χ0n) is 11.2. The largest absolute Gasteiger partial charge is 0.312 e. The third-order valence-corrected chi connectivity index (χ3v) is 3.79.